The Hall–Kier alpha value is -1.56. The van der Waals surface area contributed by atoms with E-state index in [2.05, 4.69) is 35.6 Å². The van der Waals surface area contributed by atoms with E-state index in [1.165, 1.54) is 37.9 Å². The number of carbonyl (C=O) groups is 1. The summed E-state index contributed by atoms with van der Waals surface area (Å²) in [4.78, 5) is 8.78. The van der Waals surface area contributed by atoms with Crippen molar-refractivity contribution in [2.75, 3.05) is 13.1 Å². The molecule has 1 atom stereocenters. The number of carboxylic acid groups (broad SMARTS) is 1. The summed E-state index contributed by atoms with van der Waals surface area (Å²) in [5.41, 5.74) is 1.53. The lowest BCUT2D eigenvalue weighted by Gasteiger charge is -2.11. The maximum Gasteiger partial charge on any atom is 0.430 e. The highest BCUT2D eigenvalue weighted by Gasteiger charge is 2.28. The monoisotopic (exact) mass is 289 g/mol. The molecule has 112 valence electrons. The molecular weight excluding hydrogens is 271 g/mol. The molecule has 1 aliphatic rings. The minimum absolute atomic E-state index is 0.795. The number of quaternary nitrogens is 1. The molecule has 1 unspecified atom stereocenters. The van der Waals surface area contributed by atoms with Crippen molar-refractivity contribution in [1.82, 2.24) is 0 Å². The Bertz CT molecular complexity index is 399. The van der Waals surface area contributed by atoms with Crippen molar-refractivity contribution in [3.8, 4) is 0 Å². The van der Waals surface area contributed by atoms with Crippen LogP contribution in [0.2, 0.25) is 0 Å². The van der Waals surface area contributed by atoms with Gasteiger partial charge in [0.15, 0.2) is 0 Å². The molecule has 1 aliphatic heterocycles. The Morgan fingerprint density at radius 2 is 1.80 bits per heavy atom. The van der Waals surface area contributed by atoms with Gasteiger partial charge < -0.3 is 15.2 Å². The molecule has 0 spiro atoms. The van der Waals surface area contributed by atoms with Gasteiger partial charge in [0.2, 0.25) is 0 Å². The molecule has 0 aliphatic carbocycles. The first kappa shape index (κ1) is 16.5. The standard InChI is InChI=1S/C12H17N.C2HF3O2/c1-2-6-11(7-3-1)12-8-4-5-9-13-10-12;3-2(4,5)1(6)7/h1-3,6-7,12-13H,4-5,8-10H2;(H,6,7). The van der Waals surface area contributed by atoms with Gasteiger partial charge in [-0.2, -0.15) is 13.2 Å². The lowest BCUT2D eigenvalue weighted by atomic mass is 9.95. The summed E-state index contributed by atoms with van der Waals surface area (Å²) < 4.78 is 31.5. The third kappa shape index (κ3) is 6.06. The summed E-state index contributed by atoms with van der Waals surface area (Å²) >= 11 is 0. The molecule has 0 amide bonds. The van der Waals surface area contributed by atoms with E-state index < -0.39 is 12.1 Å². The van der Waals surface area contributed by atoms with Crippen LogP contribution in [0.4, 0.5) is 13.2 Å². The molecule has 20 heavy (non-hydrogen) atoms. The predicted octanol–water partition coefficient (Wildman–Crippen LogP) is 0.816. The maximum atomic E-state index is 10.5. The molecular formula is C14H18F3NO2. The normalized spacial score (nSPS) is 19.4. The van der Waals surface area contributed by atoms with Gasteiger partial charge in [-0.05, 0) is 24.8 Å². The number of halogens is 3. The fourth-order valence-electron chi connectivity index (χ4n) is 2.14. The van der Waals surface area contributed by atoms with Crippen LogP contribution >= 0.6 is 0 Å². The first-order chi connectivity index (χ1) is 9.41. The van der Waals surface area contributed by atoms with Crippen LogP contribution < -0.4 is 10.4 Å². The van der Waals surface area contributed by atoms with Gasteiger partial charge in [0.05, 0.1) is 13.1 Å². The Morgan fingerprint density at radius 3 is 2.35 bits per heavy atom. The first-order valence-electron chi connectivity index (χ1n) is 6.56. The second-order valence-electron chi connectivity index (χ2n) is 4.70. The van der Waals surface area contributed by atoms with Crippen LogP contribution in [0.5, 0.6) is 0 Å². The van der Waals surface area contributed by atoms with E-state index >= 15 is 0 Å². The minimum atomic E-state index is -5.19. The highest BCUT2D eigenvalue weighted by molar-refractivity contribution is 5.70. The third-order valence-electron chi connectivity index (χ3n) is 3.16. The molecule has 0 bridgehead atoms. The lowest BCUT2D eigenvalue weighted by Crippen LogP contribution is -2.84. The quantitative estimate of drug-likeness (QED) is 0.832. The molecule has 3 nitrogen and oxygen atoms in total. The van der Waals surface area contributed by atoms with Gasteiger partial charge in [-0.1, -0.05) is 30.3 Å². The second kappa shape index (κ2) is 7.89. The molecule has 0 aromatic heterocycles. The van der Waals surface area contributed by atoms with Crippen molar-refractivity contribution in [3.63, 3.8) is 0 Å². The van der Waals surface area contributed by atoms with E-state index in [1.807, 2.05) is 0 Å². The minimum Gasteiger partial charge on any atom is -0.542 e. The Morgan fingerprint density at radius 1 is 1.20 bits per heavy atom. The average Bonchev–Trinajstić information content (AvgIpc) is 2.68. The third-order valence-corrected chi connectivity index (χ3v) is 3.16. The van der Waals surface area contributed by atoms with E-state index in [1.54, 1.807) is 0 Å². The lowest BCUT2D eigenvalue weighted by molar-refractivity contribution is -0.655. The van der Waals surface area contributed by atoms with E-state index in [0.717, 1.165) is 5.92 Å². The van der Waals surface area contributed by atoms with Crippen LogP contribution in [0, 0.1) is 0 Å². The van der Waals surface area contributed by atoms with Gasteiger partial charge in [-0.15, -0.1) is 0 Å². The molecule has 6 heteroatoms. The van der Waals surface area contributed by atoms with Crippen LogP contribution in [-0.2, 0) is 4.79 Å². The van der Waals surface area contributed by atoms with Gasteiger partial charge in [-0.25, -0.2) is 0 Å². The van der Waals surface area contributed by atoms with Gasteiger partial charge >= 0.3 is 6.18 Å². The van der Waals surface area contributed by atoms with E-state index in [-0.39, 0.29) is 0 Å². The summed E-state index contributed by atoms with van der Waals surface area (Å²) in [5.74, 6) is -2.21. The van der Waals surface area contributed by atoms with Crippen molar-refractivity contribution in [1.29, 1.82) is 0 Å². The second-order valence-corrected chi connectivity index (χ2v) is 4.70. The number of rotatable bonds is 1. The SMILES string of the molecule is O=C([O-])C(F)(F)F.c1ccc(C2CCCC[NH2+]C2)cc1. The molecule has 2 rings (SSSR count). The van der Waals surface area contributed by atoms with E-state index in [9.17, 15) is 13.2 Å². The molecule has 1 heterocycles. The number of nitrogens with two attached hydrogens (primary N) is 1. The van der Waals surface area contributed by atoms with Crippen LogP contribution in [0.25, 0.3) is 0 Å². The van der Waals surface area contributed by atoms with Crippen molar-refractivity contribution in [3.05, 3.63) is 35.9 Å². The number of benzene rings is 1. The number of carbonyl (C=O) groups excluding carboxylic acids is 1. The van der Waals surface area contributed by atoms with Crippen LogP contribution in [0.1, 0.15) is 30.7 Å². The zero-order valence-corrected chi connectivity index (χ0v) is 11.0. The Kier molecular flexibility index (Phi) is 6.51. The van der Waals surface area contributed by atoms with Gasteiger partial charge in [0.25, 0.3) is 0 Å². The molecule has 1 fully saturated rings. The van der Waals surface area contributed by atoms with Crippen molar-refractivity contribution in [2.24, 2.45) is 0 Å². The molecule has 1 saturated heterocycles. The largest absolute Gasteiger partial charge is 0.542 e. The molecule has 2 N–H and O–H groups in total. The summed E-state index contributed by atoms with van der Waals surface area (Å²) in [6.07, 6.45) is -1.03. The summed E-state index contributed by atoms with van der Waals surface area (Å²) in [5, 5.41) is 11.2. The number of carboxylic acids is 1. The van der Waals surface area contributed by atoms with Crippen LogP contribution in [-0.4, -0.2) is 25.2 Å². The maximum absolute atomic E-state index is 10.5. The Balaban J connectivity index is 0.000000246. The zero-order chi connectivity index (χ0) is 15.0. The van der Waals surface area contributed by atoms with Gasteiger partial charge in [-0.3, -0.25) is 0 Å². The number of alkyl halides is 3. The first-order valence-corrected chi connectivity index (χ1v) is 6.56. The summed E-state index contributed by atoms with van der Waals surface area (Å²) in [6, 6.07) is 10.9. The number of aliphatic carboxylic acids is 1. The van der Waals surface area contributed by atoms with Crippen LogP contribution in [0.3, 0.4) is 0 Å². The summed E-state index contributed by atoms with van der Waals surface area (Å²) in [6.45, 7) is 2.60. The van der Waals surface area contributed by atoms with Gasteiger partial charge in [0.1, 0.15) is 5.97 Å². The molecule has 0 saturated carbocycles. The number of hydrogen-bond donors (Lipinski definition) is 1. The van der Waals surface area contributed by atoms with Crippen molar-refractivity contribution in [2.45, 2.75) is 31.4 Å². The van der Waals surface area contributed by atoms with Crippen molar-refractivity contribution < 1.29 is 28.4 Å². The van der Waals surface area contributed by atoms with E-state index in [0.29, 0.717) is 0 Å². The fourth-order valence-corrected chi connectivity index (χ4v) is 2.14. The molecule has 0 radical (unpaired) electrons. The summed E-state index contributed by atoms with van der Waals surface area (Å²) in [7, 11) is 0. The van der Waals surface area contributed by atoms with E-state index in [4.69, 9.17) is 9.90 Å². The average molecular weight is 289 g/mol. The smallest absolute Gasteiger partial charge is 0.430 e. The topological polar surface area (TPSA) is 56.7 Å². The zero-order valence-electron chi connectivity index (χ0n) is 11.0. The number of hydrogen-bond acceptors (Lipinski definition) is 2. The highest BCUT2D eigenvalue weighted by atomic mass is 19.4. The van der Waals surface area contributed by atoms with Crippen molar-refractivity contribution >= 4 is 5.97 Å². The molecule has 1 aromatic carbocycles. The highest BCUT2D eigenvalue weighted by Crippen LogP contribution is 2.20. The fraction of sp³-hybridized carbons (Fsp3) is 0.500. The van der Waals surface area contributed by atoms with Gasteiger partial charge in [0, 0.05) is 5.92 Å². The Labute approximate surface area is 115 Å². The van der Waals surface area contributed by atoms with Crippen LogP contribution in [0.15, 0.2) is 30.3 Å². The molecule has 1 aromatic rings. The predicted molar refractivity (Wildman–Crippen MR) is 65.8 cm³/mol.